The van der Waals surface area contributed by atoms with Gasteiger partial charge in [0, 0.05) is 18.3 Å². The number of amides is 2. The Morgan fingerprint density at radius 3 is 2.44 bits per heavy atom. The van der Waals surface area contributed by atoms with Crippen LogP contribution in [0.1, 0.15) is 18.1 Å². The van der Waals surface area contributed by atoms with Gasteiger partial charge in [-0.25, -0.2) is 0 Å². The smallest absolute Gasteiger partial charge is 0.243 e. The quantitative estimate of drug-likeness (QED) is 0.753. The standard InChI is InChI=1S/C19H23N3O3/c1-12-5-8-18(25-4)17(9-12)22-19(24)11-20-15-7-6-13(2)16(10-15)21-14(3)23/h5-10,20H,11H2,1-4H3,(H,21,23)(H,22,24). The molecule has 0 aromatic heterocycles. The Hall–Kier alpha value is -3.02. The lowest BCUT2D eigenvalue weighted by Crippen LogP contribution is -2.22. The second-order valence-electron chi connectivity index (χ2n) is 5.82. The van der Waals surface area contributed by atoms with Gasteiger partial charge in [-0.2, -0.15) is 0 Å². The number of carbonyl (C=O) groups is 2. The van der Waals surface area contributed by atoms with Crippen LogP contribution in [0.3, 0.4) is 0 Å². The summed E-state index contributed by atoms with van der Waals surface area (Å²) in [5.41, 5.74) is 4.09. The second kappa shape index (κ2) is 8.19. The van der Waals surface area contributed by atoms with Crippen LogP contribution in [-0.4, -0.2) is 25.5 Å². The molecule has 0 saturated carbocycles. The monoisotopic (exact) mass is 341 g/mol. The zero-order valence-electron chi connectivity index (χ0n) is 14.9. The first-order chi connectivity index (χ1) is 11.9. The van der Waals surface area contributed by atoms with Gasteiger partial charge in [-0.3, -0.25) is 9.59 Å². The maximum absolute atomic E-state index is 12.2. The molecule has 0 radical (unpaired) electrons. The molecule has 2 rings (SSSR count). The molecule has 6 heteroatoms. The number of benzene rings is 2. The summed E-state index contributed by atoms with van der Waals surface area (Å²) in [6, 6.07) is 11.1. The van der Waals surface area contributed by atoms with E-state index in [2.05, 4.69) is 16.0 Å². The molecule has 0 aliphatic rings. The number of nitrogens with one attached hydrogen (secondary N) is 3. The van der Waals surface area contributed by atoms with Crippen LogP contribution in [0.25, 0.3) is 0 Å². The van der Waals surface area contributed by atoms with Crippen molar-refractivity contribution < 1.29 is 14.3 Å². The van der Waals surface area contributed by atoms with E-state index in [0.29, 0.717) is 11.4 Å². The Labute approximate surface area is 147 Å². The summed E-state index contributed by atoms with van der Waals surface area (Å²) in [5.74, 6) is 0.289. The largest absolute Gasteiger partial charge is 0.495 e. The summed E-state index contributed by atoms with van der Waals surface area (Å²) < 4.78 is 5.25. The maximum Gasteiger partial charge on any atom is 0.243 e. The predicted octanol–water partition coefficient (Wildman–Crippen LogP) is 3.32. The van der Waals surface area contributed by atoms with Crippen molar-refractivity contribution in [3.63, 3.8) is 0 Å². The molecule has 2 aromatic carbocycles. The molecular formula is C19H23N3O3. The summed E-state index contributed by atoms with van der Waals surface area (Å²) in [4.78, 5) is 23.4. The third-order valence-corrected chi connectivity index (χ3v) is 3.63. The summed E-state index contributed by atoms with van der Waals surface area (Å²) in [5, 5.41) is 8.65. The third kappa shape index (κ3) is 5.24. The van der Waals surface area contributed by atoms with Crippen LogP contribution in [0.4, 0.5) is 17.1 Å². The van der Waals surface area contributed by atoms with Gasteiger partial charge in [-0.1, -0.05) is 12.1 Å². The van der Waals surface area contributed by atoms with Crippen molar-refractivity contribution in [1.82, 2.24) is 0 Å². The van der Waals surface area contributed by atoms with Gasteiger partial charge < -0.3 is 20.7 Å². The van der Waals surface area contributed by atoms with Crippen LogP contribution in [0.15, 0.2) is 36.4 Å². The molecule has 0 aliphatic carbocycles. The molecular weight excluding hydrogens is 318 g/mol. The maximum atomic E-state index is 12.2. The molecule has 0 bridgehead atoms. The molecule has 0 spiro atoms. The average Bonchev–Trinajstić information content (AvgIpc) is 2.55. The van der Waals surface area contributed by atoms with E-state index < -0.39 is 0 Å². The third-order valence-electron chi connectivity index (χ3n) is 3.63. The molecule has 132 valence electrons. The van der Waals surface area contributed by atoms with E-state index in [1.807, 2.05) is 44.2 Å². The Bertz CT molecular complexity index is 787. The van der Waals surface area contributed by atoms with Crippen molar-refractivity contribution in [2.24, 2.45) is 0 Å². The number of ether oxygens (including phenoxy) is 1. The number of rotatable bonds is 6. The van der Waals surface area contributed by atoms with Crippen molar-refractivity contribution in [2.45, 2.75) is 20.8 Å². The first kappa shape index (κ1) is 18.3. The van der Waals surface area contributed by atoms with Crippen LogP contribution >= 0.6 is 0 Å². The van der Waals surface area contributed by atoms with Gasteiger partial charge in [-0.05, 0) is 49.2 Å². The Kier molecular flexibility index (Phi) is 6.00. The molecule has 0 saturated heterocycles. The van der Waals surface area contributed by atoms with Crippen molar-refractivity contribution >= 4 is 28.9 Å². The van der Waals surface area contributed by atoms with Crippen LogP contribution in [0.2, 0.25) is 0 Å². The van der Waals surface area contributed by atoms with Gasteiger partial charge in [-0.15, -0.1) is 0 Å². The van der Waals surface area contributed by atoms with Gasteiger partial charge >= 0.3 is 0 Å². The van der Waals surface area contributed by atoms with Gasteiger partial charge in [0.2, 0.25) is 11.8 Å². The summed E-state index contributed by atoms with van der Waals surface area (Å²) in [7, 11) is 1.56. The normalized spacial score (nSPS) is 10.1. The van der Waals surface area contributed by atoms with E-state index in [0.717, 1.165) is 22.5 Å². The first-order valence-corrected chi connectivity index (χ1v) is 7.95. The number of carbonyl (C=O) groups excluding carboxylic acids is 2. The van der Waals surface area contributed by atoms with Crippen LogP contribution in [-0.2, 0) is 9.59 Å². The van der Waals surface area contributed by atoms with E-state index in [1.54, 1.807) is 13.2 Å². The highest BCUT2D eigenvalue weighted by atomic mass is 16.5. The highest BCUT2D eigenvalue weighted by Crippen LogP contribution is 2.25. The van der Waals surface area contributed by atoms with E-state index >= 15 is 0 Å². The number of hydrogen-bond donors (Lipinski definition) is 3. The fourth-order valence-corrected chi connectivity index (χ4v) is 2.35. The minimum atomic E-state index is -0.189. The lowest BCUT2D eigenvalue weighted by atomic mass is 10.1. The van der Waals surface area contributed by atoms with Gasteiger partial charge in [0.05, 0.1) is 19.3 Å². The lowest BCUT2D eigenvalue weighted by molar-refractivity contribution is -0.115. The summed E-state index contributed by atoms with van der Waals surface area (Å²) in [6.07, 6.45) is 0. The van der Waals surface area contributed by atoms with Crippen LogP contribution in [0, 0.1) is 13.8 Å². The second-order valence-corrected chi connectivity index (χ2v) is 5.82. The van der Waals surface area contributed by atoms with E-state index in [9.17, 15) is 9.59 Å². The molecule has 0 fully saturated rings. The molecule has 25 heavy (non-hydrogen) atoms. The molecule has 0 atom stereocenters. The van der Waals surface area contributed by atoms with E-state index in [4.69, 9.17) is 4.74 Å². The summed E-state index contributed by atoms with van der Waals surface area (Å²) >= 11 is 0. The SMILES string of the molecule is COc1ccc(C)cc1NC(=O)CNc1ccc(C)c(NC(C)=O)c1. The topological polar surface area (TPSA) is 79.5 Å². The number of methoxy groups -OCH3 is 1. The lowest BCUT2D eigenvalue weighted by Gasteiger charge is -2.13. The zero-order chi connectivity index (χ0) is 18.4. The van der Waals surface area contributed by atoms with Crippen LogP contribution in [0.5, 0.6) is 5.75 Å². The fraction of sp³-hybridized carbons (Fsp3) is 0.263. The molecule has 0 aliphatic heterocycles. The van der Waals surface area contributed by atoms with Crippen molar-refractivity contribution in [3.8, 4) is 5.75 Å². The van der Waals surface area contributed by atoms with E-state index in [1.165, 1.54) is 6.92 Å². The van der Waals surface area contributed by atoms with E-state index in [-0.39, 0.29) is 18.4 Å². The molecule has 2 aromatic rings. The van der Waals surface area contributed by atoms with Crippen molar-refractivity contribution in [3.05, 3.63) is 47.5 Å². The zero-order valence-corrected chi connectivity index (χ0v) is 14.9. The number of aryl methyl sites for hydroxylation is 2. The molecule has 6 nitrogen and oxygen atoms in total. The average molecular weight is 341 g/mol. The molecule has 3 N–H and O–H groups in total. The Balaban J connectivity index is 2.01. The predicted molar refractivity (Wildman–Crippen MR) is 100 cm³/mol. The van der Waals surface area contributed by atoms with Crippen molar-refractivity contribution in [2.75, 3.05) is 29.6 Å². The van der Waals surface area contributed by atoms with Crippen LogP contribution < -0.4 is 20.7 Å². The number of anilines is 3. The summed E-state index contributed by atoms with van der Waals surface area (Å²) in [6.45, 7) is 5.41. The Morgan fingerprint density at radius 2 is 1.76 bits per heavy atom. The minimum Gasteiger partial charge on any atom is -0.495 e. The van der Waals surface area contributed by atoms with Gasteiger partial charge in [0.1, 0.15) is 5.75 Å². The van der Waals surface area contributed by atoms with Gasteiger partial charge in [0.25, 0.3) is 0 Å². The highest BCUT2D eigenvalue weighted by Gasteiger charge is 2.08. The molecule has 0 unspecified atom stereocenters. The fourth-order valence-electron chi connectivity index (χ4n) is 2.35. The molecule has 2 amide bonds. The Morgan fingerprint density at radius 1 is 1.00 bits per heavy atom. The van der Waals surface area contributed by atoms with Gasteiger partial charge in [0.15, 0.2) is 0 Å². The number of hydrogen-bond acceptors (Lipinski definition) is 4. The highest BCUT2D eigenvalue weighted by molar-refractivity contribution is 5.95. The first-order valence-electron chi connectivity index (χ1n) is 7.95. The minimum absolute atomic E-state index is 0.0969. The molecule has 0 heterocycles. The van der Waals surface area contributed by atoms with Crippen molar-refractivity contribution in [1.29, 1.82) is 0 Å².